The molecule has 23 heavy (non-hydrogen) atoms. The van der Waals surface area contributed by atoms with Crippen LogP contribution in [0.4, 0.5) is 10.5 Å². The summed E-state index contributed by atoms with van der Waals surface area (Å²) >= 11 is 0. The molecule has 1 aromatic heterocycles. The number of carbonyl (C=O) groups is 1. The summed E-state index contributed by atoms with van der Waals surface area (Å²) in [4.78, 5) is 13.6. The number of cyclic esters (lactones) is 1. The summed E-state index contributed by atoms with van der Waals surface area (Å²) in [5.41, 5.74) is 1.47. The van der Waals surface area contributed by atoms with E-state index in [2.05, 4.69) is 21.6 Å². The van der Waals surface area contributed by atoms with E-state index in [-0.39, 0.29) is 17.6 Å². The van der Waals surface area contributed by atoms with Crippen molar-refractivity contribution in [3.05, 3.63) is 36.2 Å². The molecule has 116 valence electrons. The number of amides is 1. The zero-order chi connectivity index (χ0) is 15.9. The van der Waals surface area contributed by atoms with Crippen molar-refractivity contribution in [1.29, 1.82) is 5.26 Å². The van der Waals surface area contributed by atoms with Crippen LogP contribution in [0.5, 0.6) is 0 Å². The van der Waals surface area contributed by atoms with E-state index in [0.717, 1.165) is 24.1 Å². The molecule has 1 aromatic carbocycles. The number of tetrazole rings is 1. The highest BCUT2D eigenvalue weighted by Gasteiger charge is 2.45. The van der Waals surface area contributed by atoms with E-state index in [1.54, 1.807) is 4.90 Å². The Labute approximate surface area is 132 Å². The van der Waals surface area contributed by atoms with Gasteiger partial charge in [0.2, 0.25) is 0 Å². The number of benzene rings is 1. The van der Waals surface area contributed by atoms with E-state index < -0.39 is 0 Å². The number of carbonyl (C=O) groups excluding carboxylic acids is 1. The van der Waals surface area contributed by atoms with Gasteiger partial charge in [0.15, 0.2) is 0 Å². The molecule has 4 rings (SSSR count). The summed E-state index contributed by atoms with van der Waals surface area (Å²) in [6.07, 6.45) is 2.63. The van der Waals surface area contributed by atoms with Gasteiger partial charge in [-0.15, -0.1) is 5.10 Å². The number of anilines is 1. The molecule has 1 saturated heterocycles. The van der Waals surface area contributed by atoms with Gasteiger partial charge in [-0.25, -0.2) is 9.48 Å². The predicted octanol–water partition coefficient (Wildman–Crippen LogP) is 1.25. The van der Waals surface area contributed by atoms with Crippen molar-refractivity contribution in [2.24, 2.45) is 0 Å². The fourth-order valence-electron chi connectivity index (χ4n) is 2.85. The molecule has 1 saturated carbocycles. The Kier molecular flexibility index (Phi) is 3.01. The smallest absolute Gasteiger partial charge is 0.414 e. The van der Waals surface area contributed by atoms with Crippen molar-refractivity contribution in [3.8, 4) is 6.07 Å². The molecule has 0 N–H and O–H groups in total. The summed E-state index contributed by atoms with van der Waals surface area (Å²) in [5.74, 6) is 0. The first-order valence-corrected chi connectivity index (χ1v) is 7.41. The summed E-state index contributed by atoms with van der Waals surface area (Å²) < 4.78 is 6.89. The molecule has 8 heteroatoms. The number of hydrogen-bond donors (Lipinski definition) is 0. The van der Waals surface area contributed by atoms with Crippen LogP contribution >= 0.6 is 0 Å². The number of hydrogen-bond acceptors (Lipinski definition) is 6. The van der Waals surface area contributed by atoms with E-state index in [9.17, 15) is 10.1 Å². The van der Waals surface area contributed by atoms with Crippen LogP contribution in [0.15, 0.2) is 30.6 Å². The lowest BCUT2D eigenvalue weighted by Crippen LogP contribution is -2.26. The molecule has 1 aliphatic carbocycles. The molecule has 0 radical (unpaired) electrons. The van der Waals surface area contributed by atoms with Crippen LogP contribution in [0.25, 0.3) is 0 Å². The maximum absolute atomic E-state index is 12.1. The van der Waals surface area contributed by atoms with E-state index in [0.29, 0.717) is 13.1 Å². The maximum Gasteiger partial charge on any atom is 0.414 e. The monoisotopic (exact) mass is 310 g/mol. The quantitative estimate of drug-likeness (QED) is 0.843. The molecule has 1 amide bonds. The summed E-state index contributed by atoms with van der Waals surface area (Å²) in [5, 5.41) is 20.1. The normalized spacial score (nSPS) is 21.8. The Balaban J connectivity index is 1.48. The van der Waals surface area contributed by atoms with E-state index in [1.807, 2.05) is 24.3 Å². The van der Waals surface area contributed by atoms with Crippen LogP contribution in [-0.2, 0) is 16.7 Å². The topological polar surface area (TPSA) is 96.9 Å². The Morgan fingerprint density at radius 3 is 2.74 bits per heavy atom. The Morgan fingerprint density at radius 1 is 1.35 bits per heavy atom. The van der Waals surface area contributed by atoms with Crippen LogP contribution in [0, 0.1) is 11.3 Å². The minimum absolute atomic E-state index is 0.292. The third-order valence-electron chi connectivity index (χ3n) is 4.35. The molecule has 2 fully saturated rings. The molecule has 0 unspecified atom stereocenters. The van der Waals surface area contributed by atoms with E-state index in [4.69, 9.17) is 4.74 Å². The minimum atomic E-state index is -0.378. The van der Waals surface area contributed by atoms with Gasteiger partial charge in [-0.2, -0.15) is 5.26 Å². The Morgan fingerprint density at radius 2 is 2.13 bits per heavy atom. The molecule has 1 aliphatic heterocycles. The highest BCUT2D eigenvalue weighted by Crippen LogP contribution is 2.47. The van der Waals surface area contributed by atoms with Gasteiger partial charge in [0, 0.05) is 5.69 Å². The number of ether oxygens (including phenoxy) is 1. The fourth-order valence-corrected chi connectivity index (χ4v) is 2.85. The summed E-state index contributed by atoms with van der Waals surface area (Å²) in [6.45, 7) is 0.867. The Hall–Kier alpha value is -2.95. The molecular weight excluding hydrogens is 296 g/mol. The van der Waals surface area contributed by atoms with Crippen molar-refractivity contribution in [3.63, 3.8) is 0 Å². The van der Waals surface area contributed by atoms with Crippen molar-refractivity contribution in [2.45, 2.75) is 30.9 Å². The minimum Gasteiger partial charge on any atom is -0.442 e. The average molecular weight is 310 g/mol. The average Bonchev–Trinajstić information content (AvgIpc) is 3.05. The van der Waals surface area contributed by atoms with E-state index >= 15 is 0 Å². The first-order chi connectivity index (χ1) is 11.2. The zero-order valence-electron chi connectivity index (χ0n) is 12.3. The van der Waals surface area contributed by atoms with Crippen molar-refractivity contribution >= 4 is 11.8 Å². The van der Waals surface area contributed by atoms with Crippen molar-refractivity contribution in [2.75, 3.05) is 11.4 Å². The highest BCUT2D eigenvalue weighted by molar-refractivity contribution is 5.89. The van der Waals surface area contributed by atoms with Gasteiger partial charge in [-0.1, -0.05) is 12.1 Å². The maximum atomic E-state index is 12.1. The van der Waals surface area contributed by atoms with Crippen molar-refractivity contribution < 1.29 is 9.53 Å². The van der Waals surface area contributed by atoms with Gasteiger partial charge in [0.05, 0.1) is 24.6 Å². The van der Waals surface area contributed by atoms with Crippen molar-refractivity contribution in [1.82, 2.24) is 20.2 Å². The summed E-state index contributed by atoms with van der Waals surface area (Å²) in [7, 11) is 0. The molecular formula is C15H14N6O2. The molecule has 2 aromatic rings. The first-order valence-electron chi connectivity index (χ1n) is 7.41. The fraction of sp³-hybridized carbons (Fsp3) is 0.400. The largest absolute Gasteiger partial charge is 0.442 e. The van der Waals surface area contributed by atoms with Crippen LogP contribution in [0.1, 0.15) is 18.4 Å². The third-order valence-corrected chi connectivity index (χ3v) is 4.35. The SMILES string of the molecule is N#CC1(c2ccc(N3C[C@H](Cn4cnnn4)OC3=O)cc2)CC1. The summed E-state index contributed by atoms with van der Waals surface area (Å²) in [6, 6.07) is 9.96. The molecule has 0 bridgehead atoms. The van der Waals surface area contributed by atoms with Gasteiger partial charge in [-0.05, 0) is 41.0 Å². The molecule has 2 aliphatic rings. The van der Waals surface area contributed by atoms with Gasteiger partial charge in [0.25, 0.3) is 0 Å². The lowest BCUT2D eigenvalue weighted by Gasteiger charge is -2.14. The first kappa shape index (κ1) is 13.7. The number of nitriles is 1. The third kappa shape index (κ3) is 2.40. The second kappa shape index (κ2) is 5.05. The predicted molar refractivity (Wildman–Crippen MR) is 78.4 cm³/mol. The molecule has 8 nitrogen and oxygen atoms in total. The zero-order valence-corrected chi connectivity index (χ0v) is 12.3. The molecule has 0 spiro atoms. The lowest BCUT2D eigenvalue weighted by atomic mass is 9.97. The van der Waals surface area contributed by atoms with Gasteiger partial charge >= 0.3 is 6.09 Å². The van der Waals surface area contributed by atoms with Gasteiger partial charge < -0.3 is 4.74 Å². The second-order valence-electron chi connectivity index (χ2n) is 5.89. The lowest BCUT2D eigenvalue weighted by molar-refractivity contribution is 0.129. The molecule has 1 atom stereocenters. The second-order valence-corrected chi connectivity index (χ2v) is 5.89. The number of aromatic nitrogens is 4. The highest BCUT2D eigenvalue weighted by atomic mass is 16.6. The van der Waals surface area contributed by atoms with Gasteiger partial charge in [0.1, 0.15) is 12.4 Å². The van der Waals surface area contributed by atoms with Crippen LogP contribution < -0.4 is 4.90 Å². The van der Waals surface area contributed by atoms with Crippen LogP contribution in [0.2, 0.25) is 0 Å². The van der Waals surface area contributed by atoms with Crippen LogP contribution in [-0.4, -0.2) is 38.9 Å². The number of nitrogens with zero attached hydrogens (tertiary/aromatic N) is 6. The van der Waals surface area contributed by atoms with E-state index in [1.165, 1.54) is 11.0 Å². The number of rotatable bonds is 4. The Bertz CT molecular complexity index is 760. The molecule has 2 heterocycles. The standard InChI is InChI=1S/C15H14N6O2/c16-9-15(5-6-15)11-1-3-12(4-2-11)21-8-13(23-14(21)22)7-20-10-17-18-19-20/h1-4,10,13H,5-8H2/t13-/m0/s1. The van der Waals surface area contributed by atoms with Gasteiger partial charge in [-0.3, -0.25) is 4.90 Å². The van der Waals surface area contributed by atoms with Crippen LogP contribution in [0.3, 0.4) is 0 Å².